The van der Waals surface area contributed by atoms with Crippen LogP contribution in [0.3, 0.4) is 0 Å². The molecule has 0 bridgehead atoms. The lowest BCUT2D eigenvalue weighted by Gasteiger charge is -2.20. The van der Waals surface area contributed by atoms with E-state index in [4.69, 9.17) is 4.74 Å². The maximum atomic E-state index is 11.9. The van der Waals surface area contributed by atoms with E-state index in [-0.39, 0.29) is 11.9 Å². The van der Waals surface area contributed by atoms with E-state index in [1.54, 1.807) is 0 Å². The number of aromatic nitrogens is 1. The number of hydrogen-bond acceptors (Lipinski definition) is 2. The molecule has 0 aliphatic heterocycles. The molecule has 1 unspecified atom stereocenters. The predicted molar refractivity (Wildman–Crippen MR) is 78.1 cm³/mol. The van der Waals surface area contributed by atoms with Gasteiger partial charge in [0, 0.05) is 21.1 Å². The van der Waals surface area contributed by atoms with Gasteiger partial charge in [-0.2, -0.15) is 0 Å². The highest BCUT2D eigenvalue weighted by atomic mass is 79.9. The highest BCUT2D eigenvalue weighted by Gasteiger charge is 2.28. The third kappa shape index (κ3) is 2.29. The van der Waals surface area contributed by atoms with Crippen LogP contribution in [0.2, 0.25) is 0 Å². The summed E-state index contributed by atoms with van der Waals surface area (Å²) in [7, 11) is 0. The first-order chi connectivity index (χ1) is 9.19. The van der Waals surface area contributed by atoms with E-state index in [1.165, 1.54) is 16.6 Å². The molecular formula is C15H16BrNO2. The van der Waals surface area contributed by atoms with Crippen molar-refractivity contribution in [1.82, 2.24) is 4.98 Å². The van der Waals surface area contributed by atoms with E-state index in [1.807, 2.05) is 13.0 Å². The number of nitrogens with one attached hydrogen (secondary N) is 1. The molecule has 0 amide bonds. The van der Waals surface area contributed by atoms with E-state index in [9.17, 15) is 4.79 Å². The summed E-state index contributed by atoms with van der Waals surface area (Å²) in [6.45, 7) is 2.32. The van der Waals surface area contributed by atoms with Crippen molar-refractivity contribution in [3.63, 3.8) is 0 Å². The van der Waals surface area contributed by atoms with Crippen molar-refractivity contribution in [1.29, 1.82) is 0 Å². The summed E-state index contributed by atoms with van der Waals surface area (Å²) in [6.07, 6.45) is 2.58. The van der Waals surface area contributed by atoms with Gasteiger partial charge in [-0.05, 0) is 43.9 Å². The van der Waals surface area contributed by atoms with Gasteiger partial charge >= 0.3 is 5.97 Å². The number of rotatable bonds is 2. The van der Waals surface area contributed by atoms with E-state index in [2.05, 4.69) is 33.0 Å². The Labute approximate surface area is 120 Å². The van der Waals surface area contributed by atoms with Crippen molar-refractivity contribution < 1.29 is 9.53 Å². The number of aromatic amines is 1. The maximum Gasteiger partial charge on any atom is 0.309 e. The Morgan fingerprint density at radius 1 is 1.53 bits per heavy atom. The average molecular weight is 322 g/mol. The van der Waals surface area contributed by atoms with Gasteiger partial charge in [0.25, 0.3) is 0 Å². The molecule has 1 atom stereocenters. The highest BCUT2D eigenvalue weighted by Crippen LogP contribution is 2.33. The molecule has 3 rings (SSSR count). The van der Waals surface area contributed by atoms with E-state index < -0.39 is 0 Å². The fourth-order valence-electron chi connectivity index (χ4n) is 2.86. The van der Waals surface area contributed by atoms with Crippen LogP contribution in [0.5, 0.6) is 0 Å². The Balaban J connectivity index is 1.95. The molecule has 0 saturated carbocycles. The number of fused-ring (bicyclic) bond motifs is 3. The van der Waals surface area contributed by atoms with Gasteiger partial charge in [-0.25, -0.2) is 0 Å². The minimum absolute atomic E-state index is 0.00935. The molecule has 3 nitrogen and oxygen atoms in total. The molecule has 19 heavy (non-hydrogen) atoms. The minimum atomic E-state index is -0.0559. The summed E-state index contributed by atoms with van der Waals surface area (Å²) in [5, 5.41) is 1.23. The predicted octanol–water partition coefficient (Wildman–Crippen LogP) is 3.60. The molecule has 0 radical (unpaired) electrons. The molecule has 2 aromatic rings. The average Bonchev–Trinajstić information content (AvgIpc) is 2.75. The van der Waals surface area contributed by atoms with Crippen molar-refractivity contribution in [2.45, 2.75) is 26.2 Å². The molecule has 1 aliphatic carbocycles. The van der Waals surface area contributed by atoms with Crippen LogP contribution in [0, 0.1) is 5.92 Å². The van der Waals surface area contributed by atoms with Crippen molar-refractivity contribution in [2.75, 3.05) is 6.61 Å². The van der Waals surface area contributed by atoms with Crippen molar-refractivity contribution in [3.05, 3.63) is 33.9 Å². The quantitative estimate of drug-likeness (QED) is 0.859. The number of carbonyl (C=O) groups excluding carboxylic acids is 1. The topological polar surface area (TPSA) is 42.1 Å². The standard InChI is InChI=1S/C15H16BrNO2/c1-2-19-15(18)9-3-6-13-12(7-9)11-5-4-10(16)8-14(11)17-13/h4-5,8-9,17H,2-3,6-7H2,1H3. The fourth-order valence-corrected chi connectivity index (χ4v) is 3.22. The van der Waals surface area contributed by atoms with Gasteiger partial charge in [0.1, 0.15) is 0 Å². The van der Waals surface area contributed by atoms with E-state index >= 15 is 0 Å². The Hall–Kier alpha value is -1.29. The summed E-state index contributed by atoms with van der Waals surface area (Å²) in [5.41, 5.74) is 3.70. The first kappa shape index (κ1) is 12.7. The number of carbonyl (C=O) groups is 1. The van der Waals surface area contributed by atoms with E-state index in [0.717, 1.165) is 29.3 Å². The van der Waals surface area contributed by atoms with Crippen LogP contribution in [0.1, 0.15) is 24.6 Å². The zero-order valence-corrected chi connectivity index (χ0v) is 12.4. The smallest absolute Gasteiger partial charge is 0.309 e. The zero-order valence-electron chi connectivity index (χ0n) is 10.8. The number of H-pyrrole nitrogens is 1. The molecule has 0 spiro atoms. The molecule has 4 heteroatoms. The fraction of sp³-hybridized carbons (Fsp3) is 0.400. The van der Waals surface area contributed by atoms with Crippen molar-refractivity contribution >= 4 is 32.8 Å². The van der Waals surface area contributed by atoms with Crippen LogP contribution in [0.15, 0.2) is 22.7 Å². The van der Waals surface area contributed by atoms with Crippen LogP contribution in [0.25, 0.3) is 10.9 Å². The zero-order chi connectivity index (χ0) is 13.4. The second kappa shape index (κ2) is 5.00. The number of esters is 1. The largest absolute Gasteiger partial charge is 0.466 e. The van der Waals surface area contributed by atoms with Gasteiger partial charge in [-0.15, -0.1) is 0 Å². The van der Waals surface area contributed by atoms with Gasteiger partial charge in [0.2, 0.25) is 0 Å². The maximum absolute atomic E-state index is 11.9. The van der Waals surface area contributed by atoms with Gasteiger partial charge < -0.3 is 9.72 Å². The van der Waals surface area contributed by atoms with E-state index in [0.29, 0.717) is 6.61 Å². The molecule has 1 heterocycles. The molecule has 1 N–H and O–H groups in total. The molecule has 100 valence electrons. The molecule has 1 aromatic heterocycles. The van der Waals surface area contributed by atoms with Crippen LogP contribution in [-0.4, -0.2) is 17.6 Å². The van der Waals surface area contributed by atoms with Crippen LogP contribution < -0.4 is 0 Å². The van der Waals surface area contributed by atoms with Gasteiger partial charge in [0.15, 0.2) is 0 Å². The summed E-state index contributed by atoms with van der Waals surface area (Å²) in [6, 6.07) is 6.25. The molecule has 1 aliphatic rings. The van der Waals surface area contributed by atoms with Gasteiger partial charge in [0.05, 0.1) is 12.5 Å². The normalized spacial score (nSPS) is 18.3. The molecular weight excluding hydrogens is 306 g/mol. The minimum Gasteiger partial charge on any atom is -0.466 e. The number of ether oxygens (including phenoxy) is 1. The lowest BCUT2D eigenvalue weighted by molar-refractivity contribution is -0.148. The highest BCUT2D eigenvalue weighted by molar-refractivity contribution is 9.10. The number of aryl methyl sites for hydroxylation is 1. The summed E-state index contributed by atoms with van der Waals surface area (Å²) >= 11 is 3.49. The Kier molecular flexibility index (Phi) is 3.35. The van der Waals surface area contributed by atoms with Gasteiger partial charge in [-0.3, -0.25) is 4.79 Å². The van der Waals surface area contributed by atoms with Crippen molar-refractivity contribution in [2.24, 2.45) is 5.92 Å². The lowest BCUT2D eigenvalue weighted by Crippen LogP contribution is -2.24. The van der Waals surface area contributed by atoms with Crippen LogP contribution in [0.4, 0.5) is 0 Å². The van der Waals surface area contributed by atoms with Crippen LogP contribution >= 0.6 is 15.9 Å². The third-order valence-corrected chi connectivity index (χ3v) is 4.26. The van der Waals surface area contributed by atoms with Gasteiger partial charge in [-0.1, -0.05) is 22.0 Å². The monoisotopic (exact) mass is 321 g/mol. The van der Waals surface area contributed by atoms with Crippen LogP contribution in [-0.2, 0) is 22.4 Å². The summed E-state index contributed by atoms with van der Waals surface area (Å²) < 4.78 is 6.22. The summed E-state index contributed by atoms with van der Waals surface area (Å²) in [5.74, 6) is -0.0466. The number of hydrogen-bond donors (Lipinski definition) is 1. The second-order valence-electron chi connectivity index (χ2n) is 4.96. The Morgan fingerprint density at radius 2 is 2.37 bits per heavy atom. The molecule has 0 fully saturated rings. The summed E-state index contributed by atoms with van der Waals surface area (Å²) in [4.78, 5) is 15.3. The SMILES string of the molecule is CCOC(=O)C1CCc2[nH]c3cc(Br)ccc3c2C1. The van der Waals surface area contributed by atoms with Crippen molar-refractivity contribution in [3.8, 4) is 0 Å². The molecule has 0 saturated heterocycles. The Bertz CT molecular complexity index is 632. The first-order valence-corrected chi connectivity index (χ1v) is 7.44. The second-order valence-corrected chi connectivity index (χ2v) is 5.88. The number of halogens is 1. The number of benzene rings is 1. The lowest BCUT2D eigenvalue weighted by atomic mass is 9.86. The Morgan fingerprint density at radius 3 is 3.16 bits per heavy atom. The molecule has 1 aromatic carbocycles. The first-order valence-electron chi connectivity index (χ1n) is 6.64. The third-order valence-electron chi connectivity index (χ3n) is 3.77.